The van der Waals surface area contributed by atoms with Gasteiger partial charge in [0, 0.05) is 12.6 Å². The summed E-state index contributed by atoms with van der Waals surface area (Å²) in [7, 11) is -3.82. The molecule has 0 fully saturated rings. The molecular weight excluding hydrogens is 344 g/mol. The minimum absolute atomic E-state index is 0.0209. The van der Waals surface area contributed by atoms with E-state index in [1.54, 1.807) is 6.07 Å². The highest BCUT2D eigenvalue weighted by atomic mass is 32.2. The zero-order valence-corrected chi connectivity index (χ0v) is 14.2. The Morgan fingerprint density at radius 2 is 1.72 bits per heavy atom. The number of carbonyl (C=O) groups excluding carboxylic acids is 1. The third kappa shape index (κ3) is 4.49. The Bertz CT molecular complexity index is 853. The van der Waals surface area contributed by atoms with Crippen molar-refractivity contribution >= 4 is 15.9 Å². The van der Waals surface area contributed by atoms with Crippen molar-refractivity contribution in [2.45, 2.75) is 11.4 Å². The van der Waals surface area contributed by atoms with Crippen LogP contribution in [-0.2, 0) is 21.4 Å². The van der Waals surface area contributed by atoms with E-state index in [1.165, 1.54) is 12.1 Å². The van der Waals surface area contributed by atoms with Gasteiger partial charge in [0.1, 0.15) is 13.2 Å². The van der Waals surface area contributed by atoms with Crippen LogP contribution in [0.4, 0.5) is 0 Å². The average molecular weight is 362 g/mol. The molecule has 132 valence electrons. The Hall–Kier alpha value is -2.58. The number of hydrogen-bond acceptors (Lipinski definition) is 5. The summed E-state index contributed by atoms with van der Waals surface area (Å²) in [6.45, 7) is 0.791. The molecule has 2 aromatic rings. The predicted octanol–water partition coefficient (Wildman–Crippen LogP) is 1.05. The lowest BCUT2D eigenvalue weighted by Crippen LogP contribution is -2.36. The van der Waals surface area contributed by atoms with Crippen LogP contribution in [0.15, 0.2) is 53.4 Å². The molecule has 3 rings (SSSR count). The summed E-state index contributed by atoms with van der Waals surface area (Å²) in [4.78, 5) is 11.9. The van der Waals surface area contributed by atoms with E-state index in [4.69, 9.17) is 9.47 Å². The van der Waals surface area contributed by atoms with Crippen molar-refractivity contribution in [2.24, 2.45) is 0 Å². The van der Waals surface area contributed by atoms with Crippen LogP contribution < -0.4 is 19.5 Å². The van der Waals surface area contributed by atoms with Crippen molar-refractivity contribution in [3.8, 4) is 11.5 Å². The van der Waals surface area contributed by atoms with E-state index in [-0.39, 0.29) is 11.4 Å². The lowest BCUT2D eigenvalue weighted by atomic mass is 10.2. The molecule has 2 aromatic carbocycles. The van der Waals surface area contributed by atoms with Gasteiger partial charge in [-0.15, -0.1) is 0 Å². The molecule has 0 bridgehead atoms. The van der Waals surface area contributed by atoms with E-state index >= 15 is 0 Å². The van der Waals surface area contributed by atoms with Gasteiger partial charge in [-0.2, -0.15) is 0 Å². The third-order valence-corrected chi connectivity index (χ3v) is 4.98. The standard InChI is InChI=1S/C17H18N2O5S/c20-17(18-11-13-4-2-1-3-5-13)12-19-25(21,22)14-6-7-15-16(10-14)24-9-8-23-15/h1-7,10,19H,8-9,11-12H2,(H,18,20). The number of carbonyl (C=O) groups is 1. The van der Waals surface area contributed by atoms with Crippen molar-refractivity contribution in [3.63, 3.8) is 0 Å². The van der Waals surface area contributed by atoms with Gasteiger partial charge in [0.25, 0.3) is 0 Å². The summed E-state index contributed by atoms with van der Waals surface area (Å²) in [5.41, 5.74) is 0.936. The summed E-state index contributed by atoms with van der Waals surface area (Å²) in [6, 6.07) is 13.7. The lowest BCUT2D eigenvalue weighted by molar-refractivity contribution is -0.120. The maximum atomic E-state index is 12.3. The molecule has 0 aromatic heterocycles. The minimum Gasteiger partial charge on any atom is -0.486 e. The number of nitrogens with one attached hydrogen (secondary N) is 2. The van der Waals surface area contributed by atoms with Crippen molar-refractivity contribution in [2.75, 3.05) is 19.8 Å². The van der Waals surface area contributed by atoms with Crippen LogP contribution in [0.3, 0.4) is 0 Å². The van der Waals surface area contributed by atoms with E-state index in [0.717, 1.165) is 5.56 Å². The monoisotopic (exact) mass is 362 g/mol. The van der Waals surface area contributed by atoms with Crippen LogP contribution in [0.2, 0.25) is 0 Å². The van der Waals surface area contributed by atoms with Crippen molar-refractivity contribution in [3.05, 3.63) is 54.1 Å². The molecule has 25 heavy (non-hydrogen) atoms. The first kappa shape index (κ1) is 17.2. The van der Waals surface area contributed by atoms with Crippen LogP contribution in [0.1, 0.15) is 5.56 Å². The minimum atomic E-state index is -3.82. The van der Waals surface area contributed by atoms with Crippen LogP contribution in [-0.4, -0.2) is 34.1 Å². The molecule has 7 nitrogen and oxygen atoms in total. The Labute approximate surface area is 146 Å². The van der Waals surface area contributed by atoms with Crippen LogP contribution in [0, 0.1) is 0 Å². The highest BCUT2D eigenvalue weighted by Gasteiger charge is 2.20. The second-order valence-electron chi connectivity index (χ2n) is 5.39. The molecule has 2 N–H and O–H groups in total. The number of sulfonamides is 1. The number of hydrogen-bond donors (Lipinski definition) is 2. The molecule has 1 heterocycles. The molecule has 0 radical (unpaired) electrons. The normalized spacial score (nSPS) is 13.3. The fourth-order valence-corrected chi connectivity index (χ4v) is 3.29. The molecule has 0 atom stereocenters. The first-order valence-electron chi connectivity index (χ1n) is 7.74. The quantitative estimate of drug-likeness (QED) is 0.801. The highest BCUT2D eigenvalue weighted by Crippen LogP contribution is 2.32. The second kappa shape index (κ2) is 7.54. The second-order valence-corrected chi connectivity index (χ2v) is 7.16. The topological polar surface area (TPSA) is 93.7 Å². The summed E-state index contributed by atoms with van der Waals surface area (Å²) >= 11 is 0. The Morgan fingerprint density at radius 1 is 1.00 bits per heavy atom. The maximum Gasteiger partial charge on any atom is 0.241 e. The Balaban J connectivity index is 1.57. The predicted molar refractivity (Wildman–Crippen MR) is 90.9 cm³/mol. The van der Waals surface area contributed by atoms with Crippen molar-refractivity contribution in [1.29, 1.82) is 0 Å². The third-order valence-electron chi connectivity index (χ3n) is 3.58. The van der Waals surface area contributed by atoms with E-state index < -0.39 is 15.9 Å². The van der Waals surface area contributed by atoms with Gasteiger partial charge in [-0.25, -0.2) is 13.1 Å². The van der Waals surface area contributed by atoms with Gasteiger partial charge in [0.05, 0.1) is 11.4 Å². The number of fused-ring (bicyclic) bond motifs is 1. The van der Waals surface area contributed by atoms with Crippen LogP contribution >= 0.6 is 0 Å². The molecule has 0 spiro atoms. The number of amides is 1. The van der Waals surface area contributed by atoms with Crippen LogP contribution in [0.5, 0.6) is 11.5 Å². The first-order valence-corrected chi connectivity index (χ1v) is 9.23. The molecule has 8 heteroatoms. The molecule has 0 aliphatic carbocycles. The van der Waals surface area contributed by atoms with Gasteiger partial charge in [-0.1, -0.05) is 30.3 Å². The Morgan fingerprint density at radius 3 is 2.48 bits per heavy atom. The summed E-state index contributed by atoms with van der Waals surface area (Å²) in [5, 5.41) is 2.66. The summed E-state index contributed by atoms with van der Waals surface area (Å²) in [5.74, 6) is 0.471. The van der Waals surface area contributed by atoms with Gasteiger partial charge < -0.3 is 14.8 Å². The largest absolute Gasteiger partial charge is 0.486 e. The molecular formula is C17H18N2O5S. The molecule has 0 saturated carbocycles. The zero-order chi connectivity index (χ0) is 17.7. The molecule has 1 amide bonds. The van der Waals surface area contributed by atoms with E-state index in [1.807, 2.05) is 30.3 Å². The van der Waals surface area contributed by atoms with Gasteiger partial charge >= 0.3 is 0 Å². The summed E-state index contributed by atoms with van der Waals surface area (Å²) in [6.07, 6.45) is 0. The van der Waals surface area contributed by atoms with E-state index in [2.05, 4.69) is 10.0 Å². The lowest BCUT2D eigenvalue weighted by Gasteiger charge is -2.18. The number of benzene rings is 2. The van der Waals surface area contributed by atoms with Gasteiger partial charge in [0.15, 0.2) is 11.5 Å². The van der Waals surface area contributed by atoms with E-state index in [9.17, 15) is 13.2 Å². The molecule has 0 saturated heterocycles. The van der Waals surface area contributed by atoms with Crippen LogP contribution in [0.25, 0.3) is 0 Å². The van der Waals surface area contributed by atoms with Crippen molar-refractivity contribution < 1.29 is 22.7 Å². The first-order chi connectivity index (χ1) is 12.0. The fraction of sp³-hybridized carbons (Fsp3) is 0.235. The zero-order valence-electron chi connectivity index (χ0n) is 13.4. The molecule has 0 unspecified atom stereocenters. The fourth-order valence-electron chi connectivity index (χ4n) is 2.29. The SMILES string of the molecule is O=C(CNS(=O)(=O)c1ccc2c(c1)OCCO2)NCc1ccccc1. The number of rotatable bonds is 6. The summed E-state index contributed by atoms with van der Waals surface area (Å²) < 4.78 is 37.6. The maximum absolute atomic E-state index is 12.3. The number of ether oxygens (including phenoxy) is 2. The van der Waals surface area contributed by atoms with Gasteiger partial charge in [-0.3, -0.25) is 4.79 Å². The van der Waals surface area contributed by atoms with Crippen molar-refractivity contribution in [1.82, 2.24) is 10.0 Å². The van der Waals surface area contributed by atoms with Gasteiger partial charge in [0.2, 0.25) is 15.9 Å². The Kier molecular flexibility index (Phi) is 5.20. The smallest absolute Gasteiger partial charge is 0.241 e. The highest BCUT2D eigenvalue weighted by molar-refractivity contribution is 7.89. The van der Waals surface area contributed by atoms with E-state index in [0.29, 0.717) is 31.3 Å². The van der Waals surface area contributed by atoms with Gasteiger partial charge in [-0.05, 0) is 17.7 Å². The molecule has 1 aliphatic heterocycles. The average Bonchev–Trinajstić information content (AvgIpc) is 2.65. The molecule has 1 aliphatic rings.